The molecule has 104 valence electrons. The van der Waals surface area contributed by atoms with Gasteiger partial charge >= 0.3 is 0 Å². The maximum Gasteiger partial charge on any atom is 0.272 e. The summed E-state index contributed by atoms with van der Waals surface area (Å²) >= 11 is 0. The minimum Gasteiger partial charge on any atom is -0.348 e. The average Bonchev–Trinajstić information content (AvgIpc) is 2.67. The molecule has 1 saturated carbocycles. The van der Waals surface area contributed by atoms with Crippen molar-refractivity contribution in [1.29, 1.82) is 0 Å². The van der Waals surface area contributed by atoms with Crippen LogP contribution in [0.4, 0.5) is 0 Å². The van der Waals surface area contributed by atoms with Crippen LogP contribution in [0, 0.1) is 0 Å². The molecule has 0 aromatic carbocycles. The SMILES string of the molecule is CC(C)c1ccc(C(=O)NC2CCCCCC2)nn1. The minimum atomic E-state index is -0.0882. The van der Waals surface area contributed by atoms with Crippen LogP contribution in [0.5, 0.6) is 0 Å². The molecule has 0 saturated heterocycles. The van der Waals surface area contributed by atoms with E-state index in [0.29, 0.717) is 17.7 Å². The van der Waals surface area contributed by atoms with Gasteiger partial charge in [-0.2, -0.15) is 5.10 Å². The number of amides is 1. The molecule has 4 heteroatoms. The number of aromatic nitrogens is 2. The fourth-order valence-corrected chi connectivity index (χ4v) is 2.45. The molecule has 1 aliphatic carbocycles. The van der Waals surface area contributed by atoms with Gasteiger partial charge in [0.25, 0.3) is 5.91 Å². The first-order valence-corrected chi connectivity index (χ1v) is 7.31. The van der Waals surface area contributed by atoms with Gasteiger partial charge in [-0.1, -0.05) is 39.5 Å². The lowest BCUT2D eigenvalue weighted by atomic mass is 10.1. The van der Waals surface area contributed by atoms with E-state index >= 15 is 0 Å². The third-order valence-corrected chi connectivity index (χ3v) is 3.70. The molecule has 1 N–H and O–H groups in total. The Kier molecular flexibility index (Phi) is 4.88. The van der Waals surface area contributed by atoms with E-state index in [9.17, 15) is 4.79 Å². The molecule has 1 fully saturated rings. The highest BCUT2D eigenvalue weighted by molar-refractivity contribution is 5.92. The van der Waals surface area contributed by atoms with E-state index in [-0.39, 0.29) is 5.91 Å². The predicted molar refractivity (Wildman–Crippen MR) is 75.1 cm³/mol. The van der Waals surface area contributed by atoms with Crippen LogP contribution in [0.15, 0.2) is 12.1 Å². The molecule has 0 spiro atoms. The number of nitrogens with zero attached hydrogens (tertiary/aromatic N) is 2. The van der Waals surface area contributed by atoms with Crippen LogP contribution in [0.1, 0.15) is 74.5 Å². The number of hydrogen-bond donors (Lipinski definition) is 1. The minimum absolute atomic E-state index is 0.0882. The van der Waals surface area contributed by atoms with Crippen LogP contribution >= 0.6 is 0 Å². The zero-order chi connectivity index (χ0) is 13.7. The topological polar surface area (TPSA) is 54.9 Å². The maximum absolute atomic E-state index is 12.1. The second kappa shape index (κ2) is 6.64. The molecule has 0 bridgehead atoms. The lowest BCUT2D eigenvalue weighted by Gasteiger charge is -2.15. The molecule has 0 aliphatic heterocycles. The van der Waals surface area contributed by atoms with Crippen LogP contribution in [0.3, 0.4) is 0 Å². The Morgan fingerprint density at radius 2 is 1.84 bits per heavy atom. The first-order valence-electron chi connectivity index (χ1n) is 7.31. The molecular weight excluding hydrogens is 238 g/mol. The van der Waals surface area contributed by atoms with E-state index in [4.69, 9.17) is 0 Å². The molecule has 0 unspecified atom stereocenters. The molecule has 1 aliphatic rings. The zero-order valence-electron chi connectivity index (χ0n) is 11.9. The van der Waals surface area contributed by atoms with Gasteiger partial charge in [-0.05, 0) is 30.9 Å². The summed E-state index contributed by atoms with van der Waals surface area (Å²) in [4.78, 5) is 12.1. The molecule has 1 aromatic rings. The van der Waals surface area contributed by atoms with Gasteiger partial charge in [0.05, 0.1) is 5.69 Å². The van der Waals surface area contributed by atoms with Crippen LogP contribution in [-0.2, 0) is 0 Å². The predicted octanol–water partition coefficient (Wildman–Crippen LogP) is 3.05. The highest BCUT2D eigenvalue weighted by Crippen LogP contribution is 2.17. The largest absolute Gasteiger partial charge is 0.348 e. The van der Waals surface area contributed by atoms with Crippen LogP contribution in [0.2, 0.25) is 0 Å². The van der Waals surface area contributed by atoms with E-state index in [1.165, 1.54) is 25.7 Å². The van der Waals surface area contributed by atoms with Crippen molar-refractivity contribution in [3.8, 4) is 0 Å². The van der Waals surface area contributed by atoms with E-state index in [2.05, 4.69) is 29.4 Å². The standard InChI is InChI=1S/C15H23N3O/c1-11(2)13-9-10-14(18-17-13)15(19)16-12-7-5-3-4-6-8-12/h9-12H,3-8H2,1-2H3,(H,16,19). The van der Waals surface area contributed by atoms with Crippen molar-refractivity contribution in [3.63, 3.8) is 0 Å². The van der Waals surface area contributed by atoms with Gasteiger partial charge in [-0.3, -0.25) is 4.79 Å². The molecule has 1 heterocycles. The number of nitrogens with one attached hydrogen (secondary N) is 1. The monoisotopic (exact) mass is 261 g/mol. The summed E-state index contributed by atoms with van der Waals surface area (Å²) in [6.07, 6.45) is 7.17. The lowest BCUT2D eigenvalue weighted by molar-refractivity contribution is 0.0927. The third-order valence-electron chi connectivity index (χ3n) is 3.70. The van der Waals surface area contributed by atoms with Crippen molar-refractivity contribution in [2.45, 2.75) is 64.3 Å². The molecular formula is C15H23N3O. The molecule has 1 amide bonds. The highest BCUT2D eigenvalue weighted by Gasteiger charge is 2.17. The van der Waals surface area contributed by atoms with Crippen molar-refractivity contribution in [1.82, 2.24) is 15.5 Å². The first kappa shape index (κ1) is 14.0. The summed E-state index contributed by atoms with van der Waals surface area (Å²) < 4.78 is 0. The number of carbonyl (C=O) groups excluding carboxylic acids is 1. The fourth-order valence-electron chi connectivity index (χ4n) is 2.45. The fraction of sp³-hybridized carbons (Fsp3) is 0.667. The summed E-state index contributed by atoms with van der Waals surface area (Å²) in [6.45, 7) is 4.13. The van der Waals surface area contributed by atoms with Gasteiger partial charge in [-0.15, -0.1) is 5.10 Å². The Morgan fingerprint density at radius 1 is 1.16 bits per heavy atom. The summed E-state index contributed by atoms with van der Waals surface area (Å²) in [5.41, 5.74) is 1.35. The molecule has 2 rings (SSSR count). The smallest absolute Gasteiger partial charge is 0.272 e. The maximum atomic E-state index is 12.1. The van der Waals surface area contributed by atoms with Crippen molar-refractivity contribution in [2.24, 2.45) is 0 Å². The quantitative estimate of drug-likeness (QED) is 0.851. The summed E-state index contributed by atoms with van der Waals surface area (Å²) in [7, 11) is 0. The summed E-state index contributed by atoms with van der Waals surface area (Å²) in [5.74, 6) is 0.251. The van der Waals surface area contributed by atoms with E-state index in [1.807, 2.05) is 6.07 Å². The Bertz CT molecular complexity index is 406. The van der Waals surface area contributed by atoms with Gasteiger partial charge in [-0.25, -0.2) is 0 Å². The normalized spacial score (nSPS) is 17.2. The zero-order valence-corrected chi connectivity index (χ0v) is 11.9. The number of carbonyl (C=O) groups is 1. The lowest BCUT2D eigenvalue weighted by Crippen LogP contribution is -2.35. The van der Waals surface area contributed by atoms with Crippen molar-refractivity contribution < 1.29 is 4.79 Å². The highest BCUT2D eigenvalue weighted by atomic mass is 16.2. The Hall–Kier alpha value is -1.45. The summed E-state index contributed by atoms with van der Waals surface area (Å²) in [5, 5.41) is 11.2. The Labute approximate surface area is 115 Å². The van der Waals surface area contributed by atoms with E-state index in [0.717, 1.165) is 18.5 Å². The first-order chi connectivity index (χ1) is 9.16. The third kappa shape index (κ3) is 4.01. The van der Waals surface area contributed by atoms with Crippen molar-refractivity contribution in [3.05, 3.63) is 23.5 Å². The Morgan fingerprint density at radius 3 is 2.37 bits per heavy atom. The van der Waals surface area contributed by atoms with Gasteiger partial charge in [0, 0.05) is 6.04 Å². The second-order valence-electron chi connectivity index (χ2n) is 5.66. The van der Waals surface area contributed by atoms with E-state index < -0.39 is 0 Å². The van der Waals surface area contributed by atoms with Gasteiger partial charge < -0.3 is 5.32 Å². The number of rotatable bonds is 3. The Balaban J connectivity index is 1.95. The molecule has 0 radical (unpaired) electrons. The van der Waals surface area contributed by atoms with Crippen molar-refractivity contribution >= 4 is 5.91 Å². The van der Waals surface area contributed by atoms with E-state index in [1.54, 1.807) is 6.07 Å². The van der Waals surface area contributed by atoms with Crippen LogP contribution in [-0.4, -0.2) is 22.1 Å². The van der Waals surface area contributed by atoms with Gasteiger partial charge in [0.2, 0.25) is 0 Å². The average molecular weight is 261 g/mol. The molecule has 0 atom stereocenters. The van der Waals surface area contributed by atoms with Crippen LogP contribution in [0.25, 0.3) is 0 Å². The van der Waals surface area contributed by atoms with Gasteiger partial charge in [0.1, 0.15) is 0 Å². The van der Waals surface area contributed by atoms with Crippen LogP contribution < -0.4 is 5.32 Å². The van der Waals surface area contributed by atoms with Gasteiger partial charge in [0.15, 0.2) is 5.69 Å². The molecule has 19 heavy (non-hydrogen) atoms. The molecule has 4 nitrogen and oxygen atoms in total. The summed E-state index contributed by atoms with van der Waals surface area (Å²) in [6, 6.07) is 3.97. The second-order valence-corrected chi connectivity index (χ2v) is 5.66. The number of hydrogen-bond acceptors (Lipinski definition) is 3. The van der Waals surface area contributed by atoms with Crippen molar-refractivity contribution in [2.75, 3.05) is 0 Å². The molecule has 1 aromatic heterocycles.